The van der Waals surface area contributed by atoms with E-state index in [1.165, 1.54) is 25.7 Å². The second-order valence-electron chi connectivity index (χ2n) is 5.09. The number of hydrogen-bond donors (Lipinski definition) is 2. The molecule has 106 valence electrons. The molecule has 4 nitrogen and oxygen atoms in total. The molecule has 0 bridgehead atoms. The van der Waals surface area contributed by atoms with E-state index in [2.05, 4.69) is 22.1 Å². The highest BCUT2D eigenvalue weighted by Crippen LogP contribution is 2.18. The molecule has 1 aromatic heterocycles. The van der Waals surface area contributed by atoms with E-state index in [1.54, 1.807) is 18.5 Å². The molecule has 0 unspecified atom stereocenters. The van der Waals surface area contributed by atoms with Crippen LogP contribution in [0.5, 0.6) is 0 Å². The number of pyridine rings is 1. The Labute approximate surface area is 120 Å². The lowest BCUT2D eigenvalue weighted by Gasteiger charge is -2.16. The Hall–Kier alpha value is -1.86. The van der Waals surface area contributed by atoms with Crippen molar-refractivity contribution in [2.45, 2.75) is 44.6 Å². The zero-order valence-corrected chi connectivity index (χ0v) is 11.7. The lowest BCUT2D eigenvalue weighted by Crippen LogP contribution is -2.34. The quantitative estimate of drug-likeness (QED) is 0.637. The molecular formula is C16H21N3O. The lowest BCUT2D eigenvalue weighted by molar-refractivity contribution is 0.0933. The van der Waals surface area contributed by atoms with E-state index in [0.717, 1.165) is 12.8 Å². The van der Waals surface area contributed by atoms with Gasteiger partial charge in [0.1, 0.15) is 0 Å². The van der Waals surface area contributed by atoms with Crippen LogP contribution in [-0.4, -0.2) is 23.5 Å². The number of amides is 1. The summed E-state index contributed by atoms with van der Waals surface area (Å²) in [5.74, 6) is 5.62. The Balaban J connectivity index is 2.08. The minimum Gasteiger partial charge on any atom is -0.349 e. The Bertz CT molecular complexity index is 508. The van der Waals surface area contributed by atoms with Gasteiger partial charge in [0.05, 0.1) is 17.7 Å². The smallest absolute Gasteiger partial charge is 0.252 e. The third kappa shape index (κ3) is 4.07. The first-order chi connectivity index (χ1) is 9.81. The molecule has 1 aliphatic carbocycles. The molecule has 1 amide bonds. The van der Waals surface area contributed by atoms with Gasteiger partial charge in [0.2, 0.25) is 0 Å². The van der Waals surface area contributed by atoms with Crippen LogP contribution in [0.15, 0.2) is 18.5 Å². The molecule has 1 heterocycles. The molecule has 1 aromatic rings. The van der Waals surface area contributed by atoms with Crippen molar-refractivity contribution in [2.75, 3.05) is 6.54 Å². The second-order valence-corrected chi connectivity index (χ2v) is 5.09. The van der Waals surface area contributed by atoms with Crippen molar-refractivity contribution in [3.63, 3.8) is 0 Å². The van der Waals surface area contributed by atoms with Crippen LogP contribution >= 0.6 is 0 Å². The third-order valence-corrected chi connectivity index (χ3v) is 3.58. The van der Waals surface area contributed by atoms with E-state index in [4.69, 9.17) is 5.73 Å². The van der Waals surface area contributed by atoms with E-state index in [0.29, 0.717) is 11.1 Å². The first-order valence-electron chi connectivity index (χ1n) is 7.25. The van der Waals surface area contributed by atoms with Gasteiger partial charge in [-0.15, -0.1) is 0 Å². The molecular weight excluding hydrogens is 250 g/mol. The Morgan fingerprint density at radius 3 is 2.80 bits per heavy atom. The average Bonchev–Trinajstić information content (AvgIpc) is 2.74. The van der Waals surface area contributed by atoms with E-state index < -0.39 is 0 Å². The van der Waals surface area contributed by atoms with Crippen LogP contribution in [0.4, 0.5) is 0 Å². The maximum absolute atomic E-state index is 12.4. The minimum absolute atomic E-state index is 0.0550. The van der Waals surface area contributed by atoms with Crippen LogP contribution in [0.3, 0.4) is 0 Å². The maximum atomic E-state index is 12.4. The standard InChI is InChI=1S/C16H21N3O/c17-10-5-6-13-12-18-11-9-15(13)16(20)19-14-7-3-1-2-4-8-14/h9,11-12,14H,1-4,7-8,10,17H2,(H,19,20). The Morgan fingerprint density at radius 1 is 1.35 bits per heavy atom. The summed E-state index contributed by atoms with van der Waals surface area (Å²) < 4.78 is 0. The minimum atomic E-state index is -0.0550. The van der Waals surface area contributed by atoms with Gasteiger partial charge in [0.15, 0.2) is 0 Å². The predicted molar refractivity (Wildman–Crippen MR) is 79.1 cm³/mol. The van der Waals surface area contributed by atoms with Crippen molar-refractivity contribution in [3.05, 3.63) is 29.6 Å². The maximum Gasteiger partial charge on any atom is 0.252 e. The highest BCUT2D eigenvalue weighted by Gasteiger charge is 2.17. The summed E-state index contributed by atoms with van der Waals surface area (Å²) in [5, 5.41) is 3.13. The molecule has 0 radical (unpaired) electrons. The van der Waals surface area contributed by atoms with Gasteiger partial charge >= 0.3 is 0 Å². The number of nitrogens with one attached hydrogen (secondary N) is 1. The predicted octanol–water partition coefficient (Wildman–Crippen LogP) is 1.84. The average molecular weight is 271 g/mol. The van der Waals surface area contributed by atoms with Crippen molar-refractivity contribution in [3.8, 4) is 11.8 Å². The normalized spacial score (nSPS) is 15.8. The number of rotatable bonds is 2. The molecule has 2 rings (SSSR count). The van der Waals surface area contributed by atoms with Gasteiger partial charge in [-0.05, 0) is 18.9 Å². The van der Waals surface area contributed by atoms with Crippen molar-refractivity contribution in [1.29, 1.82) is 0 Å². The van der Waals surface area contributed by atoms with E-state index in [1.807, 2.05) is 0 Å². The monoisotopic (exact) mass is 271 g/mol. The van der Waals surface area contributed by atoms with E-state index in [-0.39, 0.29) is 18.5 Å². The molecule has 0 spiro atoms. The van der Waals surface area contributed by atoms with Crippen LogP contribution in [0, 0.1) is 11.8 Å². The first kappa shape index (κ1) is 14.5. The molecule has 4 heteroatoms. The summed E-state index contributed by atoms with van der Waals surface area (Å²) in [6.45, 7) is 0.276. The number of carbonyl (C=O) groups is 1. The lowest BCUT2D eigenvalue weighted by atomic mass is 10.1. The summed E-state index contributed by atoms with van der Waals surface area (Å²) in [7, 11) is 0. The molecule has 1 aliphatic rings. The van der Waals surface area contributed by atoms with Gasteiger partial charge in [-0.3, -0.25) is 9.78 Å². The van der Waals surface area contributed by atoms with Crippen LogP contribution in [0.25, 0.3) is 0 Å². The topological polar surface area (TPSA) is 68.0 Å². The molecule has 1 saturated carbocycles. The molecule has 0 aromatic carbocycles. The van der Waals surface area contributed by atoms with Crippen LogP contribution in [0.1, 0.15) is 54.4 Å². The highest BCUT2D eigenvalue weighted by atomic mass is 16.1. The number of hydrogen-bond acceptors (Lipinski definition) is 3. The fraction of sp³-hybridized carbons (Fsp3) is 0.500. The molecule has 0 aliphatic heterocycles. The van der Waals surface area contributed by atoms with Crippen molar-refractivity contribution in [2.24, 2.45) is 5.73 Å². The first-order valence-corrected chi connectivity index (χ1v) is 7.25. The summed E-state index contributed by atoms with van der Waals surface area (Å²) >= 11 is 0. The fourth-order valence-corrected chi connectivity index (χ4v) is 2.53. The third-order valence-electron chi connectivity index (χ3n) is 3.58. The number of aromatic nitrogens is 1. The Kier molecular flexibility index (Phi) is 5.57. The SMILES string of the molecule is NCC#Cc1cnccc1C(=O)NC1CCCCCC1. The van der Waals surface area contributed by atoms with Gasteiger partial charge in [-0.1, -0.05) is 37.5 Å². The van der Waals surface area contributed by atoms with Gasteiger partial charge in [0.25, 0.3) is 5.91 Å². The summed E-state index contributed by atoms with van der Waals surface area (Å²) in [6.07, 6.45) is 10.3. The van der Waals surface area contributed by atoms with Gasteiger partial charge < -0.3 is 11.1 Å². The van der Waals surface area contributed by atoms with Crippen molar-refractivity contribution >= 4 is 5.91 Å². The van der Waals surface area contributed by atoms with Crippen molar-refractivity contribution < 1.29 is 4.79 Å². The number of nitrogens with two attached hydrogens (primary N) is 1. The van der Waals surface area contributed by atoms with Gasteiger partial charge in [-0.2, -0.15) is 0 Å². The zero-order valence-electron chi connectivity index (χ0n) is 11.7. The molecule has 20 heavy (non-hydrogen) atoms. The molecule has 0 saturated heterocycles. The molecule has 3 N–H and O–H groups in total. The molecule has 1 fully saturated rings. The second kappa shape index (κ2) is 7.66. The summed E-state index contributed by atoms with van der Waals surface area (Å²) in [6, 6.07) is 2.00. The van der Waals surface area contributed by atoms with E-state index >= 15 is 0 Å². The number of carbonyl (C=O) groups excluding carboxylic acids is 1. The van der Waals surface area contributed by atoms with Crippen molar-refractivity contribution in [1.82, 2.24) is 10.3 Å². The number of nitrogens with zero attached hydrogens (tertiary/aromatic N) is 1. The fourth-order valence-electron chi connectivity index (χ4n) is 2.53. The van der Waals surface area contributed by atoms with E-state index in [9.17, 15) is 4.79 Å². The summed E-state index contributed by atoms with van der Waals surface area (Å²) in [4.78, 5) is 16.4. The zero-order chi connectivity index (χ0) is 14.2. The van der Waals surface area contributed by atoms with Crippen LogP contribution < -0.4 is 11.1 Å². The highest BCUT2D eigenvalue weighted by molar-refractivity contribution is 5.96. The Morgan fingerprint density at radius 2 is 2.10 bits per heavy atom. The summed E-state index contributed by atoms with van der Waals surface area (Å²) in [5.41, 5.74) is 6.61. The van der Waals surface area contributed by atoms with Gasteiger partial charge in [0, 0.05) is 18.4 Å². The van der Waals surface area contributed by atoms with Gasteiger partial charge in [-0.25, -0.2) is 0 Å². The molecule has 0 atom stereocenters. The largest absolute Gasteiger partial charge is 0.349 e. The van der Waals surface area contributed by atoms with Crippen LogP contribution in [-0.2, 0) is 0 Å². The van der Waals surface area contributed by atoms with Crippen LogP contribution in [0.2, 0.25) is 0 Å².